The molecule has 2 aliphatic rings. The van der Waals surface area contributed by atoms with E-state index in [-0.39, 0.29) is 5.91 Å². The molecule has 2 N–H and O–H groups in total. The molecule has 1 amide bonds. The molecule has 5 nitrogen and oxygen atoms in total. The van der Waals surface area contributed by atoms with E-state index in [1.54, 1.807) is 6.26 Å². The molecule has 0 bridgehead atoms. The lowest BCUT2D eigenvalue weighted by atomic mass is 10.1. The molecule has 2 atom stereocenters. The van der Waals surface area contributed by atoms with E-state index >= 15 is 0 Å². The number of nitrogens with zero attached hydrogens (tertiary/aromatic N) is 2. The quantitative estimate of drug-likeness (QED) is 0.930. The number of benzene rings is 1. The van der Waals surface area contributed by atoms with E-state index in [0.717, 1.165) is 31.5 Å². The maximum atomic E-state index is 12.9. The number of rotatable bonds is 4. The van der Waals surface area contributed by atoms with Gasteiger partial charge in [-0.3, -0.25) is 4.79 Å². The summed E-state index contributed by atoms with van der Waals surface area (Å²) in [5, 5.41) is 0. The molecule has 5 heteroatoms. The molecule has 0 spiro atoms. The van der Waals surface area contributed by atoms with Crippen LogP contribution in [0.2, 0.25) is 0 Å². The summed E-state index contributed by atoms with van der Waals surface area (Å²) < 4.78 is 5.59. The third kappa shape index (κ3) is 2.93. The van der Waals surface area contributed by atoms with Crippen molar-refractivity contribution in [3.8, 4) is 0 Å². The third-order valence-corrected chi connectivity index (χ3v) is 5.54. The molecule has 4 rings (SSSR count). The van der Waals surface area contributed by atoms with Crippen molar-refractivity contribution in [1.29, 1.82) is 0 Å². The first kappa shape index (κ1) is 16.2. The summed E-state index contributed by atoms with van der Waals surface area (Å²) in [6, 6.07) is 10.9. The Kier molecular flexibility index (Phi) is 4.25. The molecule has 0 radical (unpaired) electrons. The number of carbonyl (C=O) groups is 1. The first-order valence-electron chi connectivity index (χ1n) is 9.07. The molecule has 0 aliphatic carbocycles. The maximum absolute atomic E-state index is 12.9. The molecule has 3 heterocycles. The molecule has 1 fully saturated rings. The van der Waals surface area contributed by atoms with Crippen molar-refractivity contribution >= 4 is 11.6 Å². The van der Waals surface area contributed by atoms with Crippen LogP contribution in [0.15, 0.2) is 41.0 Å². The van der Waals surface area contributed by atoms with E-state index in [1.165, 1.54) is 11.3 Å². The van der Waals surface area contributed by atoms with Gasteiger partial charge in [-0.25, -0.2) is 0 Å². The van der Waals surface area contributed by atoms with Gasteiger partial charge in [0, 0.05) is 36.9 Å². The van der Waals surface area contributed by atoms with Gasteiger partial charge in [0.2, 0.25) is 0 Å². The van der Waals surface area contributed by atoms with Gasteiger partial charge in [-0.1, -0.05) is 18.2 Å². The number of amides is 1. The monoisotopic (exact) mass is 339 g/mol. The van der Waals surface area contributed by atoms with E-state index in [9.17, 15) is 4.79 Å². The predicted molar refractivity (Wildman–Crippen MR) is 97.6 cm³/mol. The van der Waals surface area contributed by atoms with Crippen LogP contribution in [-0.4, -0.2) is 36.5 Å². The molecular weight excluding hydrogens is 314 g/mol. The SMILES string of the molecule is C[C@@H]1Cc2ccccc2N1Cc1ccoc1C(=O)N1CC[C@@H](CN)C1. The number of para-hydroxylation sites is 1. The number of fused-ring (bicyclic) bond motifs is 1. The molecule has 1 aromatic heterocycles. The van der Waals surface area contributed by atoms with Gasteiger partial charge in [0.15, 0.2) is 5.76 Å². The molecule has 1 aromatic carbocycles. The zero-order valence-corrected chi connectivity index (χ0v) is 14.6. The Morgan fingerprint density at radius 1 is 1.32 bits per heavy atom. The highest BCUT2D eigenvalue weighted by Crippen LogP contribution is 2.34. The zero-order valence-electron chi connectivity index (χ0n) is 14.6. The average molecular weight is 339 g/mol. The lowest BCUT2D eigenvalue weighted by Gasteiger charge is -2.25. The maximum Gasteiger partial charge on any atom is 0.289 e. The summed E-state index contributed by atoms with van der Waals surface area (Å²) in [5.41, 5.74) is 9.34. The van der Waals surface area contributed by atoms with Gasteiger partial charge in [0.05, 0.1) is 6.26 Å². The van der Waals surface area contributed by atoms with Gasteiger partial charge in [-0.15, -0.1) is 0 Å². The minimum atomic E-state index is -0.00362. The number of likely N-dealkylation sites (tertiary alicyclic amines) is 1. The van der Waals surface area contributed by atoms with Gasteiger partial charge >= 0.3 is 0 Å². The van der Waals surface area contributed by atoms with Gasteiger partial charge in [0.1, 0.15) is 0 Å². The topological polar surface area (TPSA) is 62.7 Å². The molecule has 0 unspecified atom stereocenters. The molecule has 25 heavy (non-hydrogen) atoms. The summed E-state index contributed by atoms with van der Waals surface area (Å²) in [6.07, 6.45) is 3.65. The highest BCUT2D eigenvalue weighted by molar-refractivity contribution is 5.93. The number of anilines is 1. The largest absolute Gasteiger partial charge is 0.459 e. The summed E-state index contributed by atoms with van der Waals surface area (Å²) in [7, 11) is 0. The summed E-state index contributed by atoms with van der Waals surface area (Å²) in [4.78, 5) is 17.1. The molecule has 2 aromatic rings. The van der Waals surface area contributed by atoms with E-state index in [4.69, 9.17) is 10.2 Å². The van der Waals surface area contributed by atoms with E-state index < -0.39 is 0 Å². The van der Waals surface area contributed by atoms with Crippen molar-refractivity contribution in [3.05, 3.63) is 53.5 Å². The molecule has 1 saturated heterocycles. The molecule has 0 saturated carbocycles. The Bertz CT molecular complexity index is 770. The number of furan rings is 1. The highest BCUT2D eigenvalue weighted by atomic mass is 16.3. The van der Waals surface area contributed by atoms with Crippen LogP contribution in [0.1, 0.15) is 35.0 Å². The lowest BCUT2D eigenvalue weighted by Crippen LogP contribution is -2.32. The first-order valence-corrected chi connectivity index (χ1v) is 9.07. The van der Waals surface area contributed by atoms with Crippen LogP contribution in [0.4, 0.5) is 5.69 Å². The summed E-state index contributed by atoms with van der Waals surface area (Å²) in [6.45, 7) is 5.07. The fourth-order valence-electron chi connectivity index (χ4n) is 4.05. The Hall–Kier alpha value is -2.27. The lowest BCUT2D eigenvalue weighted by molar-refractivity contribution is 0.0754. The van der Waals surface area contributed by atoms with Crippen molar-refractivity contribution < 1.29 is 9.21 Å². The number of hydrogen-bond donors (Lipinski definition) is 1. The molecule has 132 valence electrons. The van der Waals surface area contributed by atoms with Crippen LogP contribution in [0.3, 0.4) is 0 Å². The minimum absolute atomic E-state index is 0.00362. The molecule has 2 aliphatic heterocycles. The Labute approximate surface area is 148 Å². The van der Waals surface area contributed by atoms with Crippen LogP contribution in [0.5, 0.6) is 0 Å². The normalized spacial score (nSPS) is 22.5. The van der Waals surface area contributed by atoms with Crippen molar-refractivity contribution in [2.75, 3.05) is 24.5 Å². The second-order valence-electron chi connectivity index (χ2n) is 7.23. The number of hydrogen-bond acceptors (Lipinski definition) is 4. The highest BCUT2D eigenvalue weighted by Gasteiger charge is 2.31. The smallest absolute Gasteiger partial charge is 0.289 e. The van der Waals surface area contributed by atoms with Gasteiger partial charge in [-0.2, -0.15) is 0 Å². The third-order valence-electron chi connectivity index (χ3n) is 5.54. The zero-order chi connectivity index (χ0) is 17.4. The van der Waals surface area contributed by atoms with Gasteiger partial charge in [0.25, 0.3) is 5.91 Å². The summed E-state index contributed by atoms with van der Waals surface area (Å²) in [5.74, 6) is 0.887. The van der Waals surface area contributed by atoms with E-state index in [2.05, 4.69) is 36.1 Å². The fourth-order valence-corrected chi connectivity index (χ4v) is 4.05. The van der Waals surface area contributed by atoms with Crippen molar-refractivity contribution in [1.82, 2.24) is 4.90 Å². The second kappa shape index (κ2) is 6.56. The van der Waals surface area contributed by atoms with Crippen LogP contribution in [0.25, 0.3) is 0 Å². The van der Waals surface area contributed by atoms with Crippen molar-refractivity contribution in [2.24, 2.45) is 11.7 Å². The fraction of sp³-hybridized carbons (Fsp3) is 0.450. The van der Waals surface area contributed by atoms with Crippen molar-refractivity contribution in [2.45, 2.75) is 32.4 Å². The van der Waals surface area contributed by atoms with Crippen LogP contribution in [0, 0.1) is 5.92 Å². The van der Waals surface area contributed by atoms with Crippen LogP contribution >= 0.6 is 0 Å². The average Bonchev–Trinajstić information content (AvgIpc) is 3.34. The van der Waals surface area contributed by atoms with E-state index in [1.807, 2.05) is 11.0 Å². The van der Waals surface area contributed by atoms with E-state index in [0.29, 0.717) is 30.8 Å². The number of carbonyl (C=O) groups excluding carboxylic acids is 1. The standard InChI is InChI=1S/C20H25N3O2/c1-14-10-16-4-2-3-5-18(16)23(14)13-17-7-9-25-19(17)20(24)22-8-6-15(11-21)12-22/h2-5,7,9,14-15H,6,8,10-13,21H2,1H3/t14-,15+/m1/s1. The van der Waals surface area contributed by atoms with Gasteiger partial charge in [-0.05, 0) is 49.9 Å². The molecular formula is C20H25N3O2. The summed E-state index contributed by atoms with van der Waals surface area (Å²) >= 11 is 0. The Balaban J connectivity index is 1.54. The van der Waals surface area contributed by atoms with Gasteiger partial charge < -0.3 is 20.0 Å². The first-order chi connectivity index (χ1) is 12.2. The number of nitrogens with two attached hydrogens (primary N) is 1. The Morgan fingerprint density at radius 3 is 2.96 bits per heavy atom. The Morgan fingerprint density at radius 2 is 2.16 bits per heavy atom. The van der Waals surface area contributed by atoms with Crippen molar-refractivity contribution in [3.63, 3.8) is 0 Å². The van der Waals surface area contributed by atoms with Crippen LogP contribution < -0.4 is 10.6 Å². The minimum Gasteiger partial charge on any atom is -0.459 e. The predicted octanol–water partition coefficient (Wildman–Crippen LogP) is 2.65. The second-order valence-corrected chi connectivity index (χ2v) is 7.23. The van der Waals surface area contributed by atoms with Crippen LogP contribution in [-0.2, 0) is 13.0 Å².